The molecule has 1 unspecified atom stereocenters. The molecule has 0 aromatic heterocycles. The van der Waals surface area contributed by atoms with E-state index in [1.54, 1.807) is 0 Å². The van der Waals surface area contributed by atoms with Gasteiger partial charge in [0, 0.05) is 19.1 Å². The van der Waals surface area contributed by atoms with Crippen molar-refractivity contribution in [2.24, 2.45) is 5.41 Å². The molecule has 0 radical (unpaired) electrons. The Balaban J connectivity index is 2.60. The molecule has 0 aromatic carbocycles. The Morgan fingerprint density at radius 3 is 2.40 bits per heavy atom. The van der Waals surface area contributed by atoms with E-state index in [0.29, 0.717) is 12.0 Å². The van der Waals surface area contributed by atoms with Crippen LogP contribution >= 0.6 is 0 Å². The Labute approximate surface area is 124 Å². The zero-order chi connectivity index (χ0) is 15.2. The molecule has 0 aromatic rings. The second-order valence-corrected chi connectivity index (χ2v) is 6.32. The second kappa shape index (κ2) is 7.99. The Kier molecular flexibility index (Phi) is 6.96. The summed E-state index contributed by atoms with van der Waals surface area (Å²) < 4.78 is 5.19. The van der Waals surface area contributed by atoms with E-state index < -0.39 is 0 Å². The monoisotopic (exact) mass is 284 g/mol. The largest absolute Gasteiger partial charge is 0.465 e. The number of esters is 1. The number of nitrogens with zero attached hydrogens (tertiary/aromatic N) is 1. The van der Waals surface area contributed by atoms with Crippen LogP contribution in [-0.4, -0.2) is 49.2 Å². The Hall–Kier alpha value is -0.610. The highest BCUT2D eigenvalue weighted by Gasteiger charge is 2.36. The fraction of sp³-hybridized carbons (Fsp3) is 0.938. The van der Waals surface area contributed by atoms with E-state index in [9.17, 15) is 4.79 Å². The molecule has 4 heteroatoms. The number of carbonyl (C=O) groups excluding carboxylic acids is 1. The molecule has 1 N–H and O–H groups in total. The molecule has 1 saturated heterocycles. The zero-order valence-electron chi connectivity index (χ0n) is 13.9. The van der Waals surface area contributed by atoms with Gasteiger partial charge in [-0.3, -0.25) is 4.79 Å². The van der Waals surface area contributed by atoms with Crippen molar-refractivity contribution in [3.05, 3.63) is 0 Å². The Bertz CT molecular complexity index is 301. The number of hydrogen-bond acceptors (Lipinski definition) is 4. The van der Waals surface area contributed by atoms with E-state index in [1.807, 2.05) is 6.92 Å². The summed E-state index contributed by atoms with van der Waals surface area (Å²) >= 11 is 0. The van der Waals surface area contributed by atoms with Crippen LogP contribution in [0.3, 0.4) is 0 Å². The molecule has 20 heavy (non-hydrogen) atoms. The highest BCUT2D eigenvalue weighted by Crippen LogP contribution is 2.36. The molecule has 0 spiro atoms. The predicted octanol–water partition coefficient (Wildman–Crippen LogP) is 2.43. The third-order valence-electron chi connectivity index (χ3n) is 4.56. The fourth-order valence-electron chi connectivity index (χ4n) is 3.11. The third-order valence-corrected chi connectivity index (χ3v) is 4.56. The highest BCUT2D eigenvalue weighted by molar-refractivity contribution is 5.76. The summed E-state index contributed by atoms with van der Waals surface area (Å²) in [6.45, 7) is 14.0. The topological polar surface area (TPSA) is 41.6 Å². The van der Waals surface area contributed by atoms with Gasteiger partial charge in [0.1, 0.15) is 6.04 Å². The van der Waals surface area contributed by atoms with Crippen molar-refractivity contribution in [2.75, 3.05) is 26.2 Å². The lowest BCUT2D eigenvalue weighted by Crippen LogP contribution is -2.49. The smallest absolute Gasteiger partial charge is 0.324 e. The summed E-state index contributed by atoms with van der Waals surface area (Å²) in [6.07, 6.45) is 3.70. The molecule has 0 bridgehead atoms. The van der Waals surface area contributed by atoms with Gasteiger partial charge >= 0.3 is 5.97 Å². The van der Waals surface area contributed by atoms with Crippen LogP contribution in [0, 0.1) is 5.41 Å². The maximum atomic E-state index is 12.1. The molecule has 1 atom stereocenters. The maximum absolute atomic E-state index is 12.1. The van der Waals surface area contributed by atoms with Crippen LogP contribution in [0.4, 0.5) is 0 Å². The maximum Gasteiger partial charge on any atom is 0.324 e. The summed E-state index contributed by atoms with van der Waals surface area (Å²) in [5.41, 5.74) is 0.455. The SMILES string of the molecule is CCOC(=O)C(CN1CCC(CC)(CC)C1)NC(C)C. The van der Waals surface area contributed by atoms with Gasteiger partial charge in [0.25, 0.3) is 0 Å². The molecular formula is C16H32N2O2. The number of ether oxygens (including phenoxy) is 1. The van der Waals surface area contributed by atoms with Gasteiger partial charge in [0.2, 0.25) is 0 Å². The van der Waals surface area contributed by atoms with Crippen molar-refractivity contribution >= 4 is 5.97 Å². The van der Waals surface area contributed by atoms with Crippen LogP contribution < -0.4 is 5.32 Å². The summed E-state index contributed by atoms with van der Waals surface area (Å²) in [5.74, 6) is -0.119. The van der Waals surface area contributed by atoms with Crippen LogP contribution in [-0.2, 0) is 9.53 Å². The zero-order valence-corrected chi connectivity index (χ0v) is 13.9. The van der Waals surface area contributed by atoms with Crippen molar-refractivity contribution in [3.8, 4) is 0 Å². The molecule has 1 aliphatic rings. The summed E-state index contributed by atoms with van der Waals surface area (Å²) in [4.78, 5) is 14.5. The van der Waals surface area contributed by atoms with Gasteiger partial charge in [-0.1, -0.05) is 27.7 Å². The molecule has 1 heterocycles. The minimum atomic E-state index is -0.209. The van der Waals surface area contributed by atoms with Gasteiger partial charge in [-0.15, -0.1) is 0 Å². The molecular weight excluding hydrogens is 252 g/mol. The molecule has 0 saturated carbocycles. The average Bonchev–Trinajstić information content (AvgIpc) is 2.82. The lowest BCUT2D eigenvalue weighted by molar-refractivity contribution is -0.146. The first-order valence-electron chi connectivity index (χ1n) is 8.11. The van der Waals surface area contributed by atoms with E-state index >= 15 is 0 Å². The number of rotatable bonds is 8. The van der Waals surface area contributed by atoms with Crippen molar-refractivity contribution < 1.29 is 9.53 Å². The second-order valence-electron chi connectivity index (χ2n) is 6.32. The van der Waals surface area contributed by atoms with Gasteiger partial charge in [-0.25, -0.2) is 0 Å². The van der Waals surface area contributed by atoms with Gasteiger partial charge < -0.3 is 15.0 Å². The lowest BCUT2D eigenvalue weighted by atomic mass is 9.82. The molecule has 0 amide bonds. The van der Waals surface area contributed by atoms with Crippen LogP contribution in [0.15, 0.2) is 0 Å². The number of carbonyl (C=O) groups is 1. The van der Waals surface area contributed by atoms with Crippen LogP contribution in [0.2, 0.25) is 0 Å². The normalized spacial score (nSPS) is 20.3. The van der Waals surface area contributed by atoms with Crippen molar-refractivity contribution in [3.63, 3.8) is 0 Å². The number of hydrogen-bond donors (Lipinski definition) is 1. The van der Waals surface area contributed by atoms with Gasteiger partial charge in [-0.2, -0.15) is 0 Å². The Morgan fingerprint density at radius 1 is 1.30 bits per heavy atom. The average molecular weight is 284 g/mol. The Morgan fingerprint density at radius 2 is 1.95 bits per heavy atom. The van der Waals surface area contributed by atoms with E-state index in [2.05, 4.69) is 37.9 Å². The summed E-state index contributed by atoms with van der Waals surface area (Å²) in [6, 6.07) is 0.0774. The standard InChI is InChI=1S/C16H32N2O2/c1-6-16(7-2)9-10-18(12-16)11-14(17-13(4)5)15(19)20-8-3/h13-14,17H,6-12H2,1-5H3. The fourth-order valence-corrected chi connectivity index (χ4v) is 3.11. The van der Waals surface area contributed by atoms with Gasteiger partial charge in [0.15, 0.2) is 0 Å². The molecule has 1 fully saturated rings. The quantitative estimate of drug-likeness (QED) is 0.695. The first-order valence-corrected chi connectivity index (χ1v) is 8.11. The molecule has 4 nitrogen and oxygen atoms in total. The van der Waals surface area contributed by atoms with Crippen LogP contribution in [0.5, 0.6) is 0 Å². The highest BCUT2D eigenvalue weighted by atomic mass is 16.5. The minimum absolute atomic E-state index is 0.119. The number of likely N-dealkylation sites (tertiary alicyclic amines) is 1. The van der Waals surface area contributed by atoms with Crippen LogP contribution in [0.1, 0.15) is 53.9 Å². The van der Waals surface area contributed by atoms with Gasteiger partial charge in [-0.05, 0) is 38.1 Å². The summed E-state index contributed by atoms with van der Waals surface area (Å²) in [7, 11) is 0. The van der Waals surface area contributed by atoms with Crippen molar-refractivity contribution in [1.82, 2.24) is 10.2 Å². The van der Waals surface area contributed by atoms with E-state index in [-0.39, 0.29) is 18.1 Å². The third kappa shape index (κ3) is 4.74. The van der Waals surface area contributed by atoms with Crippen LogP contribution in [0.25, 0.3) is 0 Å². The molecule has 0 aliphatic carbocycles. The number of nitrogens with one attached hydrogen (secondary N) is 1. The first kappa shape index (κ1) is 17.4. The first-order chi connectivity index (χ1) is 9.46. The summed E-state index contributed by atoms with van der Waals surface area (Å²) in [5, 5.41) is 3.34. The van der Waals surface area contributed by atoms with E-state index in [0.717, 1.165) is 19.6 Å². The molecule has 1 rings (SSSR count). The van der Waals surface area contributed by atoms with Crippen molar-refractivity contribution in [2.45, 2.75) is 66.0 Å². The van der Waals surface area contributed by atoms with E-state index in [1.165, 1.54) is 19.3 Å². The minimum Gasteiger partial charge on any atom is -0.465 e. The van der Waals surface area contributed by atoms with Crippen molar-refractivity contribution in [1.29, 1.82) is 0 Å². The predicted molar refractivity (Wildman–Crippen MR) is 82.8 cm³/mol. The lowest BCUT2D eigenvalue weighted by Gasteiger charge is -2.28. The molecule has 118 valence electrons. The molecule has 1 aliphatic heterocycles. The van der Waals surface area contributed by atoms with Gasteiger partial charge in [0.05, 0.1) is 6.61 Å². The van der Waals surface area contributed by atoms with E-state index in [4.69, 9.17) is 4.74 Å².